The Morgan fingerprint density at radius 1 is 0.949 bits per heavy atom. The molecule has 0 saturated carbocycles. The van der Waals surface area contributed by atoms with E-state index >= 15 is 0 Å². The van der Waals surface area contributed by atoms with Crippen LogP contribution in [0.25, 0.3) is 11.4 Å². The summed E-state index contributed by atoms with van der Waals surface area (Å²) < 4.78 is 5.50. The number of aromatic nitrogens is 2. The van der Waals surface area contributed by atoms with Crippen LogP contribution in [0.1, 0.15) is 40.2 Å². The standard InChI is InChI=1S/C31H33N5O3/c1-22-9-5-6-12-25(22)29-34-28(39-35-29)21-36-19-16-24(17-20-36)30(37)33-27-14-8-7-13-26(27)31(38)32-18-15-23-10-3-2-4-11-23/h2-14,24H,15-21H2,1H3,(H,32,38)(H,33,37). The van der Waals surface area contributed by atoms with Crippen molar-refractivity contribution >= 4 is 17.5 Å². The number of piperidine rings is 1. The Morgan fingerprint density at radius 3 is 2.46 bits per heavy atom. The number of nitrogens with one attached hydrogen (secondary N) is 2. The summed E-state index contributed by atoms with van der Waals surface area (Å²) in [5.74, 6) is 0.796. The maximum absolute atomic E-state index is 13.1. The van der Waals surface area contributed by atoms with Crippen LogP contribution in [0.4, 0.5) is 5.69 Å². The Hall–Kier alpha value is -4.30. The summed E-state index contributed by atoms with van der Waals surface area (Å²) in [4.78, 5) is 32.8. The molecule has 1 fully saturated rings. The van der Waals surface area contributed by atoms with E-state index in [-0.39, 0.29) is 17.7 Å². The Labute approximate surface area is 228 Å². The highest BCUT2D eigenvalue weighted by atomic mass is 16.5. The van der Waals surface area contributed by atoms with E-state index in [0.29, 0.717) is 36.1 Å². The molecule has 0 atom stereocenters. The molecule has 0 spiro atoms. The van der Waals surface area contributed by atoms with Crippen LogP contribution >= 0.6 is 0 Å². The first-order valence-corrected chi connectivity index (χ1v) is 13.4. The van der Waals surface area contributed by atoms with E-state index in [2.05, 4.69) is 25.7 Å². The van der Waals surface area contributed by atoms with Gasteiger partial charge in [-0.05, 0) is 62.5 Å². The van der Waals surface area contributed by atoms with Crippen LogP contribution in [0.2, 0.25) is 0 Å². The van der Waals surface area contributed by atoms with Gasteiger partial charge in [0.15, 0.2) is 0 Å². The van der Waals surface area contributed by atoms with E-state index in [9.17, 15) is 9.59 Å². The lowest BCUT2D eigenvalue weighted by Gasteiger charge is -2.30. The molecular formula is C31H33N5O3. The number of hydrogen-bond donors (Lipinski definition) is 2. The minimum Gasteiger partial charge on any atom is -0.352 e. The summed E-state index contributed by atoms with van der Waals surface area (Å²) in [5.41, 5.74) is 4.24. The number of carbonyl (C=O) groups excluding carboxylic acids is 2. The molecule has 4 aromatic rings. The number of likely N-dealkylation sites (tertiary alicyclic amines) is 1. The highest BCUT2D eigenvalue weighted by Crippen LogP contribution is 2.24. The summed E-state index contributed by atoms with van der Waals surface area (Å²) in [6.07, 6.45) is 2.18. The first-order chi connectivity index (χ1) is 19.1. The first kappa shape index (κ1) is 26.3. The third kappa shape index (κ3) is 6.78. The molecule has 2 heterocycles. The summed E-state index contributed by atoms with van der Waals surface area (Å²) in [6.45, 7) is 4.61. The summed E-state index contributed by atoms with van der Waals surface area (Å²) in [7, 11) is 0. The molecule has 39 heavy (non-hydrogen) atoms. The molecule has 0 bridgehead atoms. The predicted molar refractivity (Wildman–Crippen MR) is 150 cm³/mol. The maximum atomic E-state index is 13.1. The van der Waals surface area contributed by atoms with E-state index in [1.807, 2.05) is 73.7 Å². The van der Waals surface area contributed by atoms with E-state index in [1.54, 1.807) is 12.1 Å². The molecule has 200 valence electrons. The average Bonchev–Trinajstić information content (AvgIpc) is 3.42. The number of rotatable bonds is 9. The van der Waals surface area contributed by atoms with Crippen molar-refractivity contribution in [2.75, 3.05) is 25.0 Å². The van der Waals surface area contributed by atoms with Crippen molar-refractivity contribution in [3.8, 4) is 11.4 Å². The van der Waals surface area contributed by atoms with Gasteiger partial charge < -0.3 is 15.2 Å². The van der Waals surface area contributed by atoms with Gasteiger partial charge in [-0.3, -0.25) is 14.5 Å². The Morgan fingerprint density at radius 2 is 1.67 bits per heavy atom. The molecule has 2 amide bonds. The van der Waals surface area contributed by atoms with E-state index in [0.717, 1.165) is 49.0 Å². The first-order valence-electron chi connectivity index (χ1n) is 13.4. The predicted octanol–water partition coefficient (Wildman–Crippen LogP) is 4.87. The van der Waals surface area contributed by atoms with Gasteiger partial charge in [-0.1, -0.05) is 71.9 Å². The molecule has 5 rings (SSSR count). The lowest BCUT2D eigenvalue weighted by atomic mass is 9.95. The summed E-state index contributed by atoms with van der Waals surface area (Å²) >= 11 is 0. The number of hydrogen-bond acceptors (Lipinski definition) is 6. The molecule has 1 saturated heterocycles. The molecule has 3 aromatic carbocycles. The van der Waals surface area contributed by atoms with Gasteiger partial charge in [0.2, 0.25) is 17.6 Å². The van der Waals surface area contributed by atoms with E-state index < -0.39 is 0 Å². The van der Waals surface area contributed by atoms with Crippen molar-refractivity contribution in [2.45, 2.75) is 32.7 Å². The topological polar surface area (TPSA) is 100 Å². The SMILES string of the molecule is Cc1ccccc1-c1noc(CN2CCC(C(=O)Nc3ccccc3C(=O)NCCc3ccccc3)CC2)n1. The van der Waals surface area contributed by atoms with Crippen LogP contribution in [0.3, 0.4) is 0 Å². The van der Waals surface area contributed by atoms with Crippen molar-refractivity contribution in [3.63, 3.8) is 0 Å². The fourth-order valence-electron chi connectivity index (χ4n) is 4.88. The van der Waals surface area contributed by atoms with Crippen LogP contribution in [-0.2, 0) is 17.8 Å². The molecule has 2 N–H and O–H groups in total. The summed E-state index contributed by atoms with van der Waals surface area (Å²) in [5, 5.41) is 10.1. The van der Waals surface area contributed by atoms with Crippen molar-refractivity contribution in [2.24, 2.45) is 5.92 Å². The third-order valence-electron chi connectivity index (χ3n) is 7.14. The van der Waals surface area contributed by atoms with Crippen LogP contribution in [0.15, 0.2) is 83.4 Å². The number of anilines is 1. The lowest BCUT2D eigenvalue weighted by molar-refractivity contribution is -0.121. The van der Waals surface area contributed by atoms with Crippen molar-refractivity contribution < 1.29 is 14.1 Å². The number of nitrogens with zero attached hydrogens (tertiary/aromatic N) is 3. The molecule has 0 radical (unpaired) electrons. The van der Waals surface area contributed by atoms with Crippen LogP contribution in [-0.4, -0.2) is 46.5 Å². The van der Waals surface area contributed by atoms with Crippen molar-refractivity contribution in [1.82, 2.24) is 20.4 Å². The monoisotopic (exact) mass is 523 g/mol. The molecular weight excluding hydrogens is 490 g/mol. The number of carbonyl (C=O) groups is 2. The van der Waals surface area contributed by atoms with Crippen LogP contribution < -0.4 is 10.6 Å². The maximum Gasteiger partial charge on any atom is 0.253 e. The van der Waals surface area contributed by atoms with E-state index in [1.165, 1.54) is 0 Å². The Bertz CT molecular complexity index is 1410. The van der Waals surface area contributed by atoms with Crippen LogP contribution in [0, 0.1) is 12.8 Å². The zero-order chi connectivity index (χ0) is 27.0. The van der Waals surface area contributed by atoms with Gasteiger partial charge in [-0.2, -0.15) is 4.98 Å². The molecule has 8 heteroatoms. The molecule has 1 aliphatic heterocycles. The van der Waals surface area contributed by atoms with Gasteiger partial charge >= 0.3 is 0 Å². The highest BCUT2D eigenvalue weighted by Gasteiger charge is 2.27. The highest BCUT2D eigenvalue weighted by molar-refractivity contribution is 6.04. The normalized spacial score (nSPS) is 14.2. The summed E-state index contributed by atoms with van der Waals surface area (Å²) in [6, 6.07) is 25.1. The van der Waals surface area contributed by atoms with Crippen LogP contribution in [0.5, 0.6) is 0 Å². The Balaban J connectivity index is 1.11. The van der Waals surface area contributed by atoms with Crippen molar-refractivity contribution in [1.29, 1.82) is 0 Å². The molecule has 0 aliphatic carbocycles. The van der Waals surface area contributed by atoms with Gasteiger partial charge in [0, 0.05) is 18.0 Å². The fourth-order valence-corrected chi connectivity index (χ4v) is 4.88. The quantitative estimate of drug-likeness (QED) is 0.325. The number of benzene rings is 3. The minimum atomic E-state index is -0.193. The number of amides is 2. The zero-order valence-corrected chi connectivity index (χ0v) is 22.1. The second-order valence-electron chi connectivity index (χ2n) is 9.90. The van der Waals surface area contributed by atoms with Gasteiger partial charge in [0.05, 0.1) is 17.8 Å². The smallest absolute Gasteiger partial charge is 0.253 e. The lowest BCUT2D eigenvalue weighted by Crippen LogP contribution is -2.38. The largest absolute Gasteiger partial charge is 0.352 e. The van der Waals surface area contributed by atoms with Gasteiger partial charge in [0.1, 0.15) is 0 Å². The Kier molecular flexibility index (Phi) is 8.43. The molecule has 0 unspecified atom stereocenters. The van der Waals surface area contributed by atoms with Gasteiger partial charge in [-0.25, -0.2) is 0 Å². The second kappa shape index (κ2) is 12.5. The third-order valence-corrected chi connectivity index (χ3v) is 7.14. The fraction of sp³-hybridized carbons (Fsp3) is 0.290. The molecule has 1 aliphatic rings. The number of para-hydroxylation sites is 1. The van der Waals surface area contributed by atoms with Gasteiger partial charge in [0.25, 0.3) is 5.91 Å². The zero-order valence-electron chi connectivity index (χ0n) is 22.1. The van der Waals surface area contributed by atoms with Crippen molar-refractivity contribution in [3.05, 3.63) is 101 Å². The molecule has 1 aromatic heterocycles. The number of aryl methyl sites for hydroxylation is 1. The minimum absolute atomic E-state index is 0.0567. The second-order valence-corrected chi connectivity index (χ2v) is 9.90. The molecule has 8 nitrogen and oxygen atoms in total. The average molecular weight is 524 g/mol. The van der Waals surface area contributed by atoms with E-state index in [4.69, 9.17) is 4.52 Å². The van der Waals surface area contributed by atoms with Gasteiger partial charge in [-0.15, -0.1) is 0 Å².